The third-order valence-electron chi connectivity index (χ3n) is 4.91. The van der Waals surface area contributed by atoms with Crippen LogP contribution >= 0.6 is 0 Å². The lowest BCUT2D eigenvalue weighted by atomic mass is 10.1. The summed E-state index contributed by atoms with van der Waals surface area (Å²) in [5.41, 5.74) is 6.73. The lowest BCUT2D eigenvalue weighted by molar-refractivity contribution is 0.0948. The summed E-state index contributed by atoms with van der Waals surface area (Å²) in [5, 5.41) is 4.11. The minimum absolute atomic E-state index is 0.271. The van der Waals surface area contributed by atoms with Crippen molar-refractivity contribution in [3.8, 4) is 0 Å². The molecule has 138 valence electrons. The van der Waals surface area contributed by atoms with Crippen molar-refractivity contribution in [3.05, 3.63) is 65.6 Å². The zero-order valence-electron chi connectivity index (χ0n) is 15.4. The van der Waals surface area contributed by atoms with E-state index in [1.807, 2.05) is 43.5 Å². The van der Waals surface area contributed by atoms with Crippen LogP contribution in [0.15, 0.2) is 53.8 Å². The number of benzene rings is 1. The van der Waals surface area contributed by atoms with E-state index < -0.39 is 0 Å². The maximum absolute atomic E-state index is 12.5. The number of hydrogen-bond donors (Lipinski definition) is 1. The van der Waals surface area contributed by atoms with E-state index in [0.717, 1.165) is 24.3 Å². The minimum Gasteiger partial charge on any atom is -0.372 e. The Kier molecular flexibility index (Phi) is 4.87. The van der Waals surface area contributed by atoms with E-state index in [-0.39, 0.29) is 5.91 Å². The molecule has 0 atom stereocenters. The molecule has 1 N–H and O–H groups in total. The molecule has 0 unspecified atom stereocenters. The largest absolute Gasteiger partial charge is 0.372 e. The van der Waals surface area contributed by atoms with Crippen molar-refractivity contribution in [1.29, 1.82) is 0 Å². The van der Waals surface area contributed by atoms with Crippen molar-refractivity contribution in [1.82, 2.24) is 14.8 Å². The lowest BCUT2D eigenvalue weighted by Crippen LogP contribution is -2.29. The summed E-state index contributed by atoms with van der Waals surface area (Å²) >= 11 is 0. The van der Waals surface area contributed by atoms with E-state index in [9.17, 15) is 4.79 Å². The van der Waals surface area contributed by atoms with Crippen molar-refractivity contribution in [2.24, 2.45) is 5.10 Å². The van der Waals surface area contributed by atoms with Gasteiger partial charge in [0.2, 0.25) is 0 Å². The topological polar surface area (TPSA) is 62.0 Å². The first-order valence-electron chi connectivity index (χ1n) is 9.34. The van der Waals surface area contributed by atoms with E-state index in [2.05, 4.69) is 32.5 Å². The van der Waals surface area contributed by atoms with Crippen LogP contribution in [0.3, 0.4) is 0 Å². The normalized spacial score (nSPS) is 14.8. The molecule has 0 saturated carbocycles. The van der Waals surface area contributed by atoms with E-state index in [1.165, 1.54) is 24.9 Å². The molecule has 4 rings (SSSR count). The maximum atomic E-state index is 12.5. The predicted octanol–water partition coefficient (Wildman–Crippen LogP) is 3.40. The van der Waals surface area contributed by atoms with Gasteiger partial charge in [0, 0.05) is 25.0 Å². The smallest absolute Gasteiger partial charge is 0.290 e. The number of amides is 1. The van der Waals surface area contributed by atoms with E-state index in [1.54, 1.807) is 10.6 Å². The Morgan fingerprint density at radius 1 is 1.11 bits per heavy atom. The van der Waals surface area contributed by atoms with Gasteiger partial charge in [0.25, 0.3) is 5.91 Å². The summed E-state index contributed by atoms with van der Waals surface area (Å²) in [6, 6.07) is 13.9. The van der Waals surface area contributed by atoms with Crippen LogP contribution in [0, 0.1) is 6.92 Å². The number of nitrogens with zero attached hydrogens (tertiary/aromatic N) is 4. The van der Waals surface area contributed by atoms with Crippen LogP contribution in [0.5, 0.6) is 0 Å². The number of carbonyl (C=O) groups excluding carboxylic acids is 1. The molecule has 3 heterocycles. The van der Waals surface area contributed by atoms with Crippen LogP contribution in [0.25, 0.3) is 5.65 Å². The highest BCUT2D eigenvalue weighted by atomic mass is 16.2. The average Bonchev–Trinajstić information content (AvgIpc) is 3.05. The van der Waals surface area contributed by atoms with Crippen molar-refractivity contribution >= 4 is 23.5 Å². The van der Waals surface area contributed by atoms with Gasteiger partial charge in [-0.15, -0.1) is 0 Å². The lowest BCUT2D eigenvalue weighted by Gasteiger charge is -2.28. The number of anilines is 1. The van der Waals surface area contributed by atoms with Crippen LogP contribution < -0.4 is 10.3 Å². The molecule has 1 saturated heterocycles. The van der Waals surface area contributed by atoms with Crippen molar-refractivity contribution < 1.29 is 4.79 Å². The number of piperidine rings is 1. The van der Waals surface area contributed by atoms with Gasteiger partial charge in [0.05, 0.1) is 11.9 Å². The van der Waals surface area contributed by atoms with Crippen LogP contribution in [0.4, 0.5) is 5.69 Å². The summed E-state index contributed by atoms with van der Waals surface area (Å²) in [6.07, 6.45) is 7.34. The molecule has 0 aliphatic carbocycles. The van der Waals surface area contributed by atoms with Crippen molar-refractivity contribution in [3.63, 3.8) is 0 Å². The fourth-order valence-corrected chi connectivity index (χ4v) is 3.53. The van der Waals surface area contributed by atoms with Gasteiger partial charge in [0.1, 0.15) is 11.3 Å². The molecule has 27 heavy (non-hydrogen) atoms. The Morgan fingerprint density at radius 2 is 1.89 bits per heavy atom. The Morgan fingerprint density at radius 3 is 2.67 bits per heavy atom. The van der Waals surface area contributed by atoms with E-state index in [4.69, 9.17) is 0 Å². The van der Waals surface area contributed by atoms with Gasteiger partial charge in [-0.05, 0) is 56.0 Å². The number of fused-ring (bicyclic) bond motifs is 1. The molecule has 3 aromatic rings. The number of rotatable bonds is 4. The molecule has 0 radical (unpaired) electrons. The zero-order valence-corrected chi connectivity index (χ0v) is 15.4. The van der Waals surface area contributed by atoms with Gasteiger partial charge in [-0.1, -0.05) is 18.2 Å². The molecular weight excluding hydrogens is 338 g/mol. The monoisotopic (exact) mass is 361 g/mol. The Bertz CT molecular complexity index is 968. The van der Waals surface area contributed by atoms with Crippen LogP contribution in [0.2, 0.25) is 0 Å². The van der Waals surface area contributed by atoms with Crippen LogP contribution in [0.1, 0.15) is 41.0 Å². The van der Waals surface area contributed by atoms with Gasteiger partial charge >= 0.3 is 0 Å². The summed E-state index contributed by atoms with van der Waals surface area (Å²) < 4.78 is 1.77. The first-order valence-corrected chi connectivity index (χ1v) is 9.34. The fourth-order valence-electron chi connectivity index (χ4n) is 3.53. The van der Waals surface area contributed by atoms with Gasteiger partial charge in [0.15, 0.2) is 0 Å². The van der Waals surface area contributed by atoms with Crippen LogP contribution in [-0.2, 0) is 0 Å². The maximum Gasteiger partial charge on any atom is 0.290 e. The summed E-state index contributed by atoms with van der Waals surface area (Å²) in [4.78, 5) is 19.3. The summed E-state index contributed by atoms with van der Waals surface area (Å²) in [7, 11) is 0. The number of hydrazone groups is 1. The molecule has 0 spiro atoms. The standard InChI is InChI=1S/C21H23N5O/c1-16-20(26-14-6-3-7-19(26)23-16)21(27)24-22-15-17-8-10-18(11-9-17)25-12-4-2-5-13-25/h3,6-11,14-15H,2,4-5,12-13H2,1H3,(H,24,27). The SMILES string of the molecule is Cc1nc2ccccn2c1C(=O)NN=Cc1ccc(N2CCCCC2)cc1. The number of hydrogen-bond acceptors (Lipinski definition) is 4. The highest BCUT2D eigenvalue weighted by Crippen LogP contribution is 2.19. The van der Waals surface area contributed by atoms with Crippen LogP contribution in [-0.4, -0.2) is 34.6 Å². The molecule has 1 aliphatic heterocycles. The number of aryl methyl sites for hydroxylation is 1. The second-order valence-electron chi connectivity index (χ2n) is 6.81. The van der Waals surface area contributed by atoms with Crippen molar-refractivity contribution in [2.45, 2.75) is 26.2 Å². The minimum atomic E-state index is -0.271. The average molecular weight is 361 g/mol. The van der Waals surface area contributed by atoms with E-state index >= 15 is 0 Å². The Hall–Kier alpha value is -3.15. The number of pyridine rings is 1. The zero-order chi connectivity index (χ0) is 18.6. The molecular formula is C21H23N5O. The quantitative estimate of drug-likeness (QED) is 0.572. The highest BCUT2D eigenvalue weighted by Gasteiger charge is 2.15. The molecule has 1 fully saturated rings. The molecule has 1 aromatic carbocycles. The van der Waals surface area contributed by atoms with Gasteiger partial charge < -0.3 is 4.90 Å². The molecule has 1 aliphatic rings. The Labute approximate surface area is 158 Å². The van der Waals surface area contributed by atoms with Crippen molar-refractivity contribution in [2.75, 3.05) is 18.0 Å². The number of aromatic nitrogens is 2. The van der Waals surface area contributed by atoms with Gasteiger partial charge in [-0.2, -0.15) is 5.10 Å². The van der Waals surface area contributed by atoms with Gasteiger partial charge in [-0.3, -0.25) is 9.20 Å². The molecule has 0 bridgehead atoms. The summed E-state index contributed by atoms with van der Waals surface area (Å²) in [6.45, 7) is 4.08. The number of imidazole rings is 1. The second-order valence-corrected chi connectivity index (χ2v) is 6.81. The third kappa shape index (κ3) is 3.69. The number of carbonyl (C=O) groups is 1. The molecule has 2 aromatic heterocycles. The second kappa shape index (κ2) is 7.61. The molecule has 6 nitrogen and oxygen atoms in total. The first kappa shape index (κ1) is 17.3. The molecule has 1 amide bonds. The molecule has 6 heteroatoms. The fraction of sp³-hybridized carbons (Fsp3) is 0.286. The predicted molar refractivity (Wildman–Crippen MR) is 107 cm³/mol. The highest BCUT2D eigenvalue weighted by molar-refractivity contribution is 5.95. The summed E-state index contributed by atoms with van der Waals surface area (Å²) in [5.74, 6) is -0.271. The van der Waals surface area contributed by atoms with Gasteiger partial charge in [-0.25, -0.2) is 10.4 Å². The Balaban J connectivity index is 1.42. The van der Waals surface area contributed by atoms with E-state index in [0.29, 0.717) is 11.4 Å². The third-order valence-corrected chi connectivity index (χ3v) is 4.91. The first-order chi connectivity index (χ1) is 13.2. The number of nitrogens with one attached hydrogen (secondary N) is 1.